The van der Waals surface area contributed by atoms with E-state index >= 15 is 0 Å². The number of hydrogen-bond acceptors (Lipinski definition) is 10. The predicted octanol–water partition coefficient (Wildman–Crippen LogP) is 5.33. The summed E-state index contributed by atoms with van der Waals surface area (Å²) in [5.41, 5.74) is 0. The molecule has 302 valence electrons. The zero-order valence-corrected chi connectivity index (χ0v) is 32.1. The Labute approximate surface area is 309 Å². The molecular formula is C40H77NO10. The van der Waals surface area contributed by atoms with Gasteiger partial charge in [-0.15, -0.1) is 0 Å². The second-order valence-electron chi connectivity index (χ2n) is 14.7. The molecule has 1 amide bonds. The van der Waals surface area contributed by atoms with Crippen LogP contribution >= 0.6 is 0 Å². The summed E-state index contributed by atoms with van der Waals surface area (Å²) >= 11 is 0. The van der Waals surface area contributed by atoms with Gasteiger partial charge in [0.25, 0.3) is 0 Å². The number of carbonyl (C=O) groups is 1. The molecule has 0 bridgehead atoms. The number of unbranched alkanes of at least 4 members (excludes halogenated alkanes) is 19. The minimum Gasteiger partial charge on any atom is -0.394 e. The molecule has 1 heterocycles. The lowest BCUT2D eigenvalue weighted by Crippen LogP contribution is -2.60. The summed E-state index contributed by atoms with van der Waals surface area (Å²) in [5, 5.41) is 75.2. The summed E-state index contributed by atoms with van der Waals surface area (Å²) in [6.07, 6.45) is 18.4. The standard InChI is InChI=1S/C40H77NO10/c1-3-5-7-9-11-13-15-16-18-20-22-24-26-28-33(44)39(49)41-31(30-50-40-38(48)37(47)36(46)34(29-42)51-40)35(45)32(43)27-25-23-21-19-17-14-12-10-8-6-4-2/h19,21,31-38,40,42-48H,3-18,20,22-30H2,1-2H3,(H,41,49)/b21-19+. The molecule has 1 aliphatic rings. The van der Waals surface area contributed by atoms with Gasteiger partial charge in [-0.2, -0.15) is 0 Å². The van der Waals surface area contributed by atoms with Crippen LogP contribution in [-0.2, 0) is 14.3 Å². The van der Waals surface area contributed by atoms with Crippen molar-refractivity contribution in [3.8, 4) is 0 Å². The largest absolute Gasteiger partial charge is 0.394 e. The van der Waals surface area contributed by atoms with Crippen LogP contribution in [0.3, 0.4) is 0 Å². The lowest BCUT2D eigenvalue weighted by atomic mass is 9.98. The lowest BCUT2D eigenvalue weighted by molar-refractivity contribution is -0.303. The van der Waals surface area contributed by atoms with Gasteiger partial charge in [0.1, 0.15) is 36.6 Å². The third kappa shape index (κ3) is 22.0. The Morgan fingerprint density at radius 2 is 1.16 bits per heavy atom. The Kier molecular flexibility index (Phi) is 29.3. The fourth-order valence-corrected chi connectivity index (χ4v) is 6.56. The van der Waals surface area contributed by atoms with Gasteiger partial charge in [-0.25, -0.2) is 0 Å². The van der Waals surface area contributed by atoms with E-state index in [0.29, 0.717) is 12.8 Å². The highest BCUT2D eigenvalue weighted by atomic mass is 16.7. The fraction of sp³-hybridized carbons (Fsp3) is 0.925. The molecular weight excluding hydrogens is 654 g/mol. The number of allylic oxidation sites excluding steroid dienone is 2. The fourth-order valence-electron chi connectivity index (χ4n) is 6.56. The van der Waals surface area contributed by atoms with Crippen molar-refractivity contribution in [1.29, 1.82) is 0 Å². The van der Waals surface area contributed by atoms with E-state index < -0.39 is 74.2 Å². The van der Waals surface area contributed by atoms with Crippen molar-refractivity contribution < 1.29 is 50.0 Å². The summed E-state index contributed by atoms with van der Waals surface area (Å²) in [4.78, 5) is 13.0. The Hall–Kier alpha value is -1.15. The van der Waals surface area contributed by atoms with Crippen LogP contribution in [0.15, 0.2) is 12.2 Å². The van der Waals surface area contributed by atoms with Crippen LogP contribution in [-0.4, -0.2) is 110 Å². The second-order valence-corrected chi connectivity index (χ2v) is 14.7. The summed E-state index contributed by atoms with van der Waals surface area (Å²) in [6.45, 7) is 3.37. The number of carbonyl (C=O) groups excluding carboxylic acids is 1. The molecule has 0 aliphatic carbocycles. The molecule has 0 spiro atoms. The number of amides is 1. The molecule has 9 unspecified atom stereocenters. The van der Waals surface area contributed by atoms with Crippen LogP contribution in [0.4, 0.5) is 0 Å². The molecule has 0 aromatic carbocycles. The van der Waals surface area contributed by atoms with Crippen molar-refractivity contribution in [2.75, 3.05) is 13.2 Å². The Morgan fingerprint density at radius 3 is 1.69 bits per heavy atom. The van der Waals surface area contributed by atoms with E-state index in [1.54, 1.807) is 0 Å². The van der Waals surface area contributed by atoms with Gasteiger partial charge in [0.05, 0.1) is 25.4 Å². The van der Waals surface area contributed by atoms with Crippen molar-refractivity contribution >= 4 is 5.91 Å². The molecule has 8 N–H and O–H groups in total. The average molecular weight is 732 g/mol. The first-order chi connectivity index (χ1) is 24.7. The molecule has 11 heteroatoms. The zero-order valence-electron chi connectivity index (χ0n) is 32.1. The van der Waals surface area contributed by atoms with Gasteiger partial charge in [0.2, 0.25) is 5.91 Å². The van der Waals surface area contributed by atoms with Crippen molar-refractivity contribution in [2.24, 2.45) is 0 Å². The van der Waals surface area contributed by atoms with Gasteiger partial charge < -0.3 is 50.5 Å². The third-order valence-corrected chi connectivity index (χ3v) is 10.1. The van der Waals surface area contributed by atoms with Gasteiger partial charge in [0, 0.05) is 0 Å². The maximum absolute atomic E-state index is 13.0. The minimum absolute atomic E-state index is 0.258. The molecule has 0 aromatic heterocycles. The normalized spacial score (nSPS) is 23.4. The van der Waals surface area contributed by atoms with Gasteiger partial charge >= 0.3 is 0 Å². The van der Waals surface area contributed by atoms with Crippen LogP contribution in [0.5, 0.6) is 0 Å². The maximum Gasteiger partial charge on any atom is 0.249 e. The highest BCUT2D eigenvalue weighted by Crippen LogP contribution is 2.23. The summed E-state index contributed by atoms with van der Waals surface area (Å²) < 4.78 is 11.0. The topological polar surface area (TPSA) is 189 Å². The van der Waals surface area contributed by atoms with Crippen molar-refractivity contribution in [3.05, 3.63) is 12.2 Å². The zero-order chi connectivity index (χ0) is 37.7. The first-order valence-electron chi connectivity index (χ1n) is 20.6. The average Bonchev–Trinajstić information content (AvgIpc) is 3.13. The smallest absolute Gasteiger partial charge is 0.249 e. The second kappa shape index (κ2) is 31.2. The van der Waals surface area contributed by atoms with E-state index in [2.05, 4.69) is 31.3 Å². The highest BCUT2D eigenvalue weighted by molar-refractivity contribution is 5.80. The van der Waals surface area contributed by atoms with Crippen LogP contribution in [0.1, 0.15) is 168 Å². The Balaban J connectivity index is 2.55. The van der Waals surface area contributed by atoms with E-state index in [0.717, 1.165) is 38.5 Å². The van der Waals surface area contributed by atoms with Gasteiger partial charge in [-0.1, -0.05) is 142 Å². The summed E-state index contributed by atoms with van der Waals surface area (Å²) in [7, 11) is 0. The molecule has 1 aliphatic heterocycles. The van der Waals surface area contributed by atoms with Gasteiger partial charge in [0.15, 0.2) is 6.29 Å². The minimum atomic E-state index is -1.66. The van der Waals surface area contributed by atoms with E-state index in [1.165, 1.54) is 89.9 Å². The van der Waals surface area contributed by atoms with Crippen LogP contribution in [0.25, 0.3) is 0 Å². The quantitative estimate of drug-likeness (QED) is 0.0324. The van der Waals surface area contributed by atoms with Crippen LogP contribution < -0.4 is 5.32 Å². The van der Waals surface area contributed by atoms with Crippen molar-refractivity contribution in [2.45, 2.75) is 223 Å². The molecule has 51 heavy (non-hydrogen) atoms. The van der Waals surface area contributed by atoms with Crippen LogP contribution in [0, 0.1) is 0 Å². The third-order valence-electron chi connectivity index (χ3n) is 10.1. The van der Waals surface area contributed by atoms with E-state index in [1.807, 2.05) is 0 Å². The molecule has 0 saturated carbocycles. The highest BCUT2D eigenvalue weighted by Gasteiger charge is 2.44. The molecule has 1 fully saturated rings. The number of ether oxygens (including phenoxy) is 2. The van der Waals surface area contributed by atoms with E-state index in [4.69, 9.17) is 9.47 Å². The monoisotopic (exact) mass is 732 g/mol. The van der Waals surface area contributed by atoms with Crippen LogP contribution in [0.2, 0.25) is 0 Å². The molecule has 1 rings (SSSR count). The van der Waals surface area contributed by atoms with Crippen molar-refractivity contribution in [3.63, 3.8) is 0 Å². The number of rotatable bonds is 33. The van der Waals surface area contributed by atoms with Crippen molar-refractivity contribution in [1.82, 2.24) is 5.32 Å². The molecule has 0 aromatic rings. The molecule has 1 saturated heterocycles. The van der Waals surface area contributed by atoms with E-state index in [9.17, 15) is 40.5 Å². The lowest BCUT2D eigenvalue weighted by Gasteiger charge is -2.40. The first kappa shape index (κ1) is 47.9. The number of aliphatic hydroxyl groups is 7. The summed E-state index contributed by atoms with van der Waals surface area (Å²) in [6, 6.07) is -1.18. The van der Waals surface area contributed by atoms with Gasteiger partial charge in [-0.05, 0) is 38.5 Å². The number of aliphatic hydroxyl groups excluding tert-OH is 7. The first-order valence-corrected chi connectivity index (χ1v) is 20.6. The molecule has 0 radical (unpaired) electrons. The van der Waals surface area contributed by atoms with Gasteiger partial charge in [-0.3, -0.25) is 4.79 Å². The number of hydrogen-bond donors (Lipinski definition) is 8. The predicted molar refractivity (Wildman–Crippen MR) is 201 cm³/mol. The molecule has 9 atom stereocenters. The SMILES string of the molecule is CCCCCCCC/C=C/CCCC(O)C(O)C(COC1OC(CO)C(O)C(O)C1O)NC(=O)C(O)CCCCCCCCCCCCCCC. The summed E-state index contributed by atoms with van der Waals surface area (Å²) in [5.74, 6) is -0.708. The Morgan fingerprint density at radius 1 is 0.667 bits per heavy atom. The Bertz CT molecular complexity index is 846. The number of nitrogens with one attached hydrogen (secondary N) is 1. The molecule has 11 nitrogen and oxygen atoms in total. The van der Waals surface area contributed by atoms with E-state index in [-0.39, 0.29) is 12.8 Å². The maximum atomic E-state index is 13.0.